The highest BCUT2D eigenvalue weighted by Crippen LogP contribution is 2.23. The number of carbonyl (C=O) groups is 1. The van der Waals surface area contributed by atoms with E-state index < -0.39 is 20.9 Å². The predicted molar refractivity (Wildman–Crippen MR) is 103 cm³/mol. The van der Waals surface area contributed by atoms with Crippen LogP contribution in [0.3, 0.4) is 0 Å². The van der Waals surface area contributed by atoms with Crippen molar-refractivity contribution in [1.29, 1.82) is 0 Å². The van der Waals surface area contributed by atoms with Crippen LogP contribution in [0.2, 0.25) is 15.3 Å². The number of hydrogen-bond acceptors (Lipinski definition) is 5. The van der Waals surface area contributed by atoms with Crippen LogP contribution in [0.4, 0.5) is 5.69 Å². The summed E-state index contributed by atoms with van der Waals surface area (Å²) in [5, 5.41) is 2.27. The number of aromatic nitrogens is 2. The van der Waals surface area contributed by atoms with E-state index in [1.54, 1.807) is 24.3 Å². The number of nitrogens with zero attached hydrogens (tertiary/aromatic N) is 2. The lowest BCUT2D eigenvalue weighted by Crippen LogP contribution is -2.12. The van der Waals surface area contributed by atoms with Crippen LogP contribution >= 0.6 is 34.8 Å². The molecule has 3 aromatic rings. The molecule has 0 aliphatic rings. The van der Waals surface area contributed by atoms with Crippen LogP contribution in [-0.2, 0) is 9.84 Å². The van der Waals surface area contributed by atoms with Crippen molar-refractivity contribution in [3.05, 3.63) is 75.5 Å². The number of halogens is 3. The van der Waals surface area contributed by atoms with Gasteiger partial charge in [0.25, 0.3) is 11.1 Å². The Morgan fingerprint density at radius 1 is 0.889 bits per heavy atom. The number of sulfone groups is 1. The molecule has 0 radical (unpaired) electrons. The Balaban J connectivity index is 1.85. The zero-order chi connectivity index (χ0) is 19.6. The van der Waals surface area contributed by atoms with Crippen LogP contribution in [0, 0.1) is 0 Å². The number of amides is 1. The number of anilines is 1. The monoisotopic (exact) mass is 441 g/mol. The van der Waals surface area contributed by atoms with E-state index >= 15 is 0 Å². The largest absolute Gasteiger partial charge is 0.322 e. The average Bonchev–Trinajstić information content (AvgIpc) is 2.61. The number of rotatable bonds is 4. The highest BCUT2D eigenvalue weighted by Gasteiger charge is 2.22. The van der Waals surface area contributed by atoms with Gasteiger partial charge in [-0.1, -0.05) is 46.9 Å². The second-order valence-corrected chi connectivity index (χ2v) is 8.28. The fourth-order valence-electron chi connectivity index (χ4n) is 2.16. The van der Waals surface area contributed by atoms with Gasteiger partial charge < -0.3 is 5.32 Å². The lowest BCUT2D eigenvalue weighted by molar-refractivity contribution is 0.102. The molecule has 0 fully saturated rings. The van der Waals surface area contributed by atoms with Crippen molar-refractivity contribution < 1.29 is 13.2 Å². The summed E-state index contributed by atoms with van der Waals surface area (Å²) in [6.45, 7) is 0. The maximum atomic E-state index is 12.6. The fraction of sp³-hybridized carbons (Fsp3) is 0. The maximum Gasteiger partial charge on any atom is 0.257 e. The maximum absolute atomic E-state index is 12.6. The summed E-state index contributed by atoms with van der Waals surface area (Å²) in [6.07, 6.45) is 0. The van der Waals surface area contributed by atoms with Crippen LogP contribution in [0.25, 0.3) is 0 Å². The Morgan fingerprint density at radius 2 is 1.48 bits per heavy atom. The molecule has 138 valence electrons. The Hall–Kier alpha value is -2.19. The van der Waals surface area contributed by atoms with Crippen molar-refractivity contribution in [2.24, 2.45) is 0 Å². The molecule has 2 aromatic carbocycles. The number of benzene rings is 2. The Morgan fingerprint density at radius 3 is 2.07 bits per heavy atom. The second kappa shape index (κ2) is 7.82. The fourth-order valence-corrected chi connectivity index (χ4v) is 4.04. The first kappa shape index (κ1) is 19.6. The van der Waals surface area contributed by atoms with Crippen molar-refractivity contribution in [3.63, 3.8) is 0 Å². The van der Waals surface area contributed by atoms with Gasteiger partial charge in [-0.2, -0.15) is 0 Å². The van der Waals surface area contributed by atoms with E-state index in [0.717, 1.165) is 0 Å². The van der Waals surface area contributed by atoms with Crippen molar-refractivity contribution in [2.75, 3.05) is 5.32 Å². The van der Waals surface area contributed by atoms with Gasteiger partial charge in [-0.05, 0) is 36.4 Å². The van der Waals surface area contributed by atoms with Gasteiger partial charge in [0.15, 0.2) is 0 Å². The van der Waals surface area contributed by atoms with Crippen molar-refractivity contribution >= 4 is 56.2 Å². The van der Waals surface area contributed by atoms with Gasteiger partial charge >= 0.3 is 0 Å². The SMILES string of the molecule is O=C(Nc1ccc(S(=O)(=O)c2nc(Cl)cc(Cl)n2)cc1)c1ccccc1Cl. The van der Waals surface area contributed by atoms with Crippen molar-refractivity contribution in [3.8, 4) is 0 Å². The minimum absolute atomic E-state index is 0.0726. The summed E-state index contributed by atoms with van der Waals surface area (Å²) in [4.78, 5) is 19.6. The predicted octanol–water partition coefficient (Wildman–Crippen LogP) is 4.52. The number of nitrogens with one attached hydrogen (secondary N) is 1. The third-order valence-electron chi connectivity index (χ3n) is 3.42. The third kappa shape index (κ3) is 4.39. The Bertz CT molecular complexity index is 1100. The van der Waals surface area contributed by atoms with Gasteiger partial charge in [0.2, 0.25) is 9.84 Å². The molecule has 0 atom stereocenters. The molecule has 0 spiro atoms. The zero-order valence-electron chi connectivity index (χ0n) is 13.4. The summed E-state index contributed by atoms with van der Waals surface area (Å²) in [7, 11) is -4.01. The first-order chi connectivity index (χ1) is 12.8. The summed E-state index contributed by atoms with van der Waals surface area (Å²) in [6, 6.07) is 13.3. The quantitative estimate of drug-likeness (QED) is 0.474. The van der Waals surface area contributed by atoms with E-state index in [1.165, 1.54) is 30.3 Å². The summed E-state index contributed by atoms with van der Waals surface area (Å²) in [5.41, 5.74) is 0.696. The normalized spacial score (nSPS) is 11.2. The van der Waals surface area contributed by atoms with E-state index in [1.807, 2.05) is 0 Å². The van der Waals surface area contributed by atoms with E-state index in [-0.39, 0.29) is 15.2 Å². The molecule has 0 saturated carbocycles. The third-order valence-corrected chi connectivity index (χ3v) is 5.70. The van der Waals surface area contributed by atoms with Crippen LogP contribution in [-0.4, -0.2) is 24.3 Å². The summed E-state index contributed by atoms with van der Waals surface area (Å²) < 4.78 is 25.2. The Kier molecular flexibility index (Phi) is 5.67. The standard InChI is InChI=1S/C17H10Cl3N3O3S/c18-13-4-2-1-3-12(13)16(24)21-10-5-7-11(8-6-10)27(25,26)17-22-14(19)9-15(20)23-17/h1-9H,(H,21,24). The van der Waals surface area contributed by atoms with Gasteiger partial charge in [0, 0.05) is 11.8 Å². The van der Waals surface area contributed by atoms with Crippen LogP contribution < -0.4 is 5.32 Å². The molecule has 1 aromatic heterocycles. The summed E-state index contributed by atoms with van der Waals surface area (Å²) in [5.74, 6) is -0.416. The minimum atomic E-state index is -4.01. The number of hydrogen-bond donors (Lipinski definition) is 1. The molecule has 0 unspecified atom stereocenters. The van der Waals surface area contributed by atoms with Crippen molar-refractivity contribution in [1.82, 2.24) is 9.97 Å². The zero-order valence-corrected chi connectivity index (χ0v) is 16.4. The van der Waals surface area contributed by atoms with Crippen molar-refractivity contribution in [2.45, 2.75) is 10.1 Å². The lowest BCUT2D eigenvalue weighted by Gasteiger charge is -2.08. The highest BCUT2D eigenvalue weighted by molar-refractivity contribution is 7.91. The highest BCUT2D eigenvalue weighted by atomic mass is 35.5. The Labute approximate surface area is 170 Å². The van der Waals surface area contributed by atoms with Crippen LogP contribution in [0.1, 0.15) is 10.4 Å². The molecule has 3 rings (SSSR count). The molecule has 27 heavy (non-hydrogen) atoms. The van der Waals surface area contributed by atoms with E-state index in [9.17, 15) is 13.2 Å². The molecular formula is C17H10Cl3N3O3S. The van der Waals surface area contributed by atoms with Gasteiger partial charge in [-0.15, -0.1) is 0 Å². The first-order valence-electron chi connectivity index (χ1n) is 7.38. The molecule has 1 amide bonds. The summed E-state index contributed by atoms with van der Waals surface area (Å²) >= 11 is 17.5. The van der Waals surface area contributed by atoms with Gasteiger partial charge in [0.1, 0.15) is 10.3 Å². The number of carbonyl (C=O) groups excluding carboxylic acids is 1. The van der Waals surface area contributed by atoms with E-state index in [2.05, 4.69) is 15.3 Å². The molecular weight excluding hydrogens is 433 g/mol. The molecule has 1 N–H and O–H groups in total. The van der Waals surface area contributed by atoms with E-state index in [0.29, 0.717) is 16.3 Å². The molecule has 0 bridgehead atoms. The lowest BCUT2D eigenvalue weighted by atomic mass is 10.2. The first-order valence-corrected chi connectivity index (χ1v) is 10.0. The topological polar surface area (TPSA) is 89.0 Å². The smallest absolute Gasteiger partial charge is 0.257 e. The van der Waals surface area contributed by atoms with Crippen LogP contribution in [0.5, 0.6) is 0 Å². The molecule has 6 nitrogen and oxygen atoms in total. The van der Waals surface area contributed by atoms with Gasteiger partial charge in [-0.25, -0.2) is 18.4 Å². The molecule has 0 saturated heterocycles. The average molecular weight is 443 g/mol. The molecule has 10 heteroatoms. The van der Waals surface area contributed by atoms with Gasteiger partial charge in [0.05, 0.1) is 15.5 Å². The molecule has 0 aliphatic heterocycles. The second-order valence-electron chi connectivity index (χ2n) is 5.26. The van der Waals surface area contributed by atoms with Gasteiger partial charge in [-0.3, -0.25) is 4.79 Å². The van der Waals surface area contributed by atoms with E-state index in [4.69, 9.17) is 34.8 Å². The minimum Gasteiger partial charge on any atom is -0.322 e. The molecule has 0 aliphatic carbocycles. The molecule has 1 heterocycles. The van der Waals surface area contributed by atoms with Crippen LogP contribution in [0.15, 0.2) is 64.6 Å².